The van der Waals surface area contributed by atoms with E-state index in [1.165, 1.54) is 0 Å². The molecule has 0 saturated carbocycles. The molecule has 1 atom stereocenters. The van der Waals surface area contributed by atoms with E-state index >= 15 is 0 Å². The molecule has 1 aliphatic heterocycles. The standard InChI is InChI=1S/C14H16BrClN2O3.ClH/c15-9-4-5-11(10(16)7-9)17-13(19)8-18-6-2-1-3-12(18)14(20)21;/h4-5,7,12H,1-3,6,8H2,(H,17,19)(H,20,21);1H. The topological polar surface area (TPSA) is 69.6 Å². The fraction of sp³-hybridized carbons (Fsp3) is 0.429. The number of nitrogens with zero attached hydrogens (tertiary/aromatic N) is 1. The van der Waals surface area contributed by atoms with Crippen LogP contribution in [0.25, 0.3) is 0 Å². The van der Waals surface area contributed by atoms with Crippen molar-refractivity contribution in [1.29, 1.82) is 0 Å². The minimum atomic E-state index is -0.871. The maximum absolute atomic E-state index is 12.1. The van der Waals surface area contributed by atoms with Crippen molar-refractivity contribution >= 4 is 57.5 Å². The van der Waals surface area contributed by atoms with Crippen LogP contribution in [0.2, 0.25) is 5.02 Å². The maximum Gasteiger partial charge on any atom is 0.320 e. The quantitative estimate of drug-likeness (QED) is 0.796. The summed E-state index contributed by atoms with van der Waals surface area (Å²) in [5.74, 6) is -1.13. The molecule has 0 bridgehead atoms. The SMILES string of the molecule is Cl.O=C(CN1CCCCC1C(=O)O)Nc1ccc(Br)cc1Cl. The first kappa shape index (κ1) is 19.2. The molecule has 5 nitrogen and oxygen atoms in total. The van der Waals surface area contributed by atoms with E-state index in [1.807, 2.05) is 0 Å². The van der Waals surface area contributed by atoms with Crippen LogP contribution >= 0.6 is 39.9 Å². The van der Waals surface area contributed by atoms with E-state index in [1.54, 1.807) is 23.1 Å². The molecule has 0 aliphatic carbocycles. The predicted octanol–water partition coefficient (Wildman–Crippen LogP) is 3.40. The number of carboxylic acids is 1. The largest absolute Gasteiger partial charge is 0.480 e. The van der Waals surface area contributed by atoms with Crippen LogP contribution in [0, 0.1) is 0 Å². The van der Waals surface area contributed by atoms with Gasteiger partial charge in [0.05, 0.1) is 17.3 Å². The van der Waals surface area contributed by atoms with Crippen LogP contribution in [0.15, 0.2) is 22.7 Å². The zero-order valence-corrected chi connectivity index (χ0v) is 14.9. The predicted molar refractivity (Wildman–Crippen MR) is 91.9 cm³/mol. The summed E-state index contributed by atoms with van der Waals surface area (Å²) in [6.07, 6.45) is 2.38. The summed E-state index contributed by atoms with van der Waals surface area (Å²) >= 11 is 9.34. The number of benzene rings is 1. The number of hydrogen-bond donors (Lipinski definition) is 2. The average molecular weight is 412 g/mol. The zero-order valence-electron chi connectivity index (χ0n) is 11.7. The van der Waals surface area contributed by atoms with Gasteiger partial charge in [-0.2, -0.15) is 0 Å². The Morgan fingerprint density at radius 3 is 2.77 bits per heavy atom. The number of hydrogen-bond acceptors (Lipinski definition) is 3. The lowest BCUT2D eigenvalue weighted by Gasteiger charge is -2.32. The Hall–Kier alpha value is -0.820. The van der Waals surface area contributed by atoms with Crippen LogP contribution < -0.4 is 5.32 Å². The third kappa shape index (κ3) is 5.12. The Morgan fingerprint density at radius 2 is 2.14 bits per heavy atom. The molecule has 1 amide bonds. The summed E-state index contributed by atoms with van der Waals surface area (Å²) in [5, 5.41) is 12.3. The summed E-state index contributed by atoms with van der Waals surface area (Å²) in [6, 6.07) is 4.60. The van der Waals surface area contributed by atoms with Crippen molar-refractivity contribution in [2.24, 2.45) is 0 Å². The van der Waals surface area contributed by atoms with Crippen LogP contribution in [-0.2, 0) is 9.59 Å². The fourth-order valence-electron chi connectivity index (χ4n) is 2.42. The Labute approximate surface area is 148 Å². The number of nitrogens with one attached hydrogen (secondary N) is 1. The highest BCUT2D eigenvalue weighted by Gasteiger charge is 2.29. The summed E-state index contributed by atoms with van der Waals surface area (Å²) in [4.78, 5) is 25.0. The van der Waals surface area contributed by atoms with Crippen molar-refractivity contribution in [3.8, 4) is 0 Å². The number of anilines is 1. The van der Waals surface area contributed by atoms with E-state index in [0.717, 1.165) is 17.3 Å². The minimum absolute atomic E-state index is 0. The summed E-state index contributed by atoms with van der Waals surface area (Å²) in [6.45, 7) is 0.682. The molecule has 1 aromatic rings. The second-order valence-corrected chi connectivity index (χ2v) is 6.32. The summed E-state index contributed by atoms with van der Waals surface area (Å²) in [5.41, 5.74) is 0.522. The number of rotatable bonds is 4. The van der Waals surface area contributed by atoms with Gasteiger partial charge in [0.2, 0.25) is 5.91 Å². The van der Waals surface area contributed by atoms with Gasteiger partial charge in [-0.25, -0.2) is 0 Å². The van der Waals surface area contributed by atoms with Gasteiger partial charge in [0.25, 0.3) is 0 Å². The van der Waals surface area contributed by atoms with Gasteiger partial charge >= 0.3 is 5.97 Å². The highest BCUT2D eigenvalue weighted by molar-refractivity contribution is 9.10. The van der Waals surface area contributed by atoms with Crippen molar-refractivity contribution in [2.45, 2.75) is 25.3 Å². The van der Waals surface area contributed by atoms with Gasteiger partial charge in [0.1, 0.15) is 6.04 Å². The molecule has 1 unspecified atom stereocenters. The summed E-state index contributed by atoms with van der Waals surface area (Å²) < 4.78 is 0.826. The molecule has 0 radical (unpaired) electrons. The first-order chi connectivity index (χ1) is 9.97. The second kappa shape index (κ2) is 8.72. The highest BCUT2D eigenvalue weighted by atomic mass is 79.9. The number of likely N-dealkylation sites (tertiary alicyclic amines) is 1. The molecular weight excluding hydrogens is 395 g/mol. The lowest BCUT2D eigenvalue weighted by atomic mass is 10.0. The van der Waals surface area contributed by atoms with Crippen LogP contribution in [0.5, 0.6) is 0 Å². The van der Waals surface area contributed by atoms with Crippen LogP contribution in [-0.4, -0.2) is 41.0 Å². The van der Waals surface area contributed by atoms with E-state index in [2.05, 4.69) is 21.2 Å². The molecular formula is C14H17BrCl2N2O3. The van der Waals surface area contributed by atoms with Gasteiger partial charge in [-0.15, -0.1) is 12.4 Å². The van der Waals surface area contributed by atoms with Gasteiger partial charge in [-0.1, -0.05) is 34.0 Å². The van der Waals surface area contributed by atoms with E-state index < -0.39 is 12.0 Å². The Kier molecular flexibility index (Phi) is 7.62. The van der Waals surface area contributed by atoms with Crippen LogP contribution in [0.4, 0.5) is 5.69 Å². The third-order valence-electron chi connectivity index (χ3n) is 3.45. The number of aliphatic carboxylic acids is 1. The maximum atomic E-state index is 12.1. The van der Waals surface area contributed by atoms with Gasteiger partial charge in [0, 0.05) is 4.47 Å². The molecule has 1 fully saturated rings. The number of carbonyl (C=O) groups excluding carboxylic acids is 1. The molecule has 0 spiro atoms. The van der Waals surface area contributed by atoms with Crippen molar-refractivity contribution in [1.82, 2.24) is 4.90 Å². The first-order valence-electron chi connectivity index (χ1n) is 6.69. The van der Waals surface area contributed by atoms with Gasteiger partial charge in [0.15, 0.2) is 0 Å². The van der Waals surface area contributed by atoms with Crippen molar-refractivity contribution < 1.29 is 14.7 Å². The number of piperidine rings is 1. The molecule has 1 saturated heterocycles. The molecule has 1 heterocycles. The molecule has 2 N–H and O–H groups in total. The van der Waals surface area contributed by atoms with Gasteiger partial charge < -0.3 is 10.4 Å². The molecule has 8 heteroatoms. The van der Waals surface area contributed by atoms with Gasteiger partial charge in [-0.3, -0.25) is 14.5 Å². The third-order valence-corrected chi connectivity index (χ3v) is 4.26. The number of amides is 1. The normalized spacial score (nSPS) is 18.4. The summed E-state index contributed by atoms with van der Waals surface area (Å²) in [7, 11) is 0. The zero-order chi connectivity index (χ0) is 15.4. The molecule has 1 aliphatic rings. The van der Waals surface area contributed by atoms with Crippen molar-refractivity contribution in [3.63, 3.8) is 0 Å². The number of carbonyl (C=O) groups is 2. The Balaban J connectivity index is 0.00000242. The average Bonchev–Trinajstić information content (AvgIpc) is 2.42. The minimum Gasteiger partial charge on any atom is -0.480 e. The fourth-order valence-corrected chi connectivity index (χ4v) is 3.15. The molecule has 0 aromatic heterocycles. The molecule has 22 heavy (non-hydrogen) atoms. The molecule has 122 valence electrons. The van der Waals surface area contributed by atoms with E-state index in [-0.39, 0.29) is 24.9 Å². The number of halogens is 3. The van der Waals surface area contributed by atoms with Crippen LogP contribution in [0.3, 0.4) is 0 Å². The lowest BCUT2D eigenvalue weighted by molar-refractivity contribution is -0.145. The van der Waals surface area contributed by atoms with E-state index in [0.29, 0.717) is 23.7 Å². The van der Waals surface area contributed by atoms with E-state index in [9.17, 15) is 14.7 Å². The lowest BCUT2D eigenvalue weighted by Crippen LogP contribution is -2.47. The smallest absolute Gasteiger partial charge is 0.320 e. The van der Waals surface area contributed by atoms with Crippen molar-refractivity contribution in [3.05, 3.63) is 27.7 Å². The highest BCUT2D eigenvalue weighted by Crippen LogP contribution is 2.25. The Bertz CT molecular complexity index is 557. The molecule has 2 rings (SSSR count). The second-order valence-electron chi connectivity index (χ2n) is 4.99. The Morgan fingerprint density at radius 1 is 1.41 bits per heavy atom. The van der Waals surface area contributed by atoms with Crippen molar-refractivity contribution in [2.75, 3.05) is 18.4 Å². The van der Waals surface area contributed by atoms with E-state index in [4.69, 9.17) is 11.6 Å². The molecule has 1 aromatic carbocycles. The first-order valence-corrected chi connectivity index (χ1v) is 7.86. The number of carboxylic acid groups (broad SMARTS) is 1. The monoisotopic (exact) mass is 410 g/mol. The van der Waals surface area contributed by atoms with Gasteiger partial charge in [-0.05, 0) is 37.6 Å². The van der Waals surface area contributed by atoms with Crippen LogP contribution in [0.1, 0.15) is 19.3 Å².